The van der Waals surface area contributed by atoms with Crippen molar-refractivity contribution in [3.8, 4) is 0 Å². The van der Waals surface area contributed by atoms with E-state index in [1.807, 2.05) is 35.2 Å². The van der Waals surface area contributed by atoms with Crippen molar-refractivity contribution in [2.45, 2.75) is 32.2 Å². The highest BCUT2D eigenvalue weighted by Crippen LogP contribution is 2.28. The third kappa shape index (κ3) is 5.19. The molecule has 0 bridgehead atoms. The van der Waals surface area contributed by atoms with Gasteiger partial charge in [-0.1, -0.05) is 30.3 Å². The predicted molar refractivity (Wildman–Crippen MR) is 101 cm³/mol. The first-order valence-corrected chi connectivity index (χ1v) is 8.94. The fourth-order valence-electron chi connectivity index (χ4n) is 3.95. The molecule has 2 aliphatic rings. The van der Waals surface area contributed by atoms with Crippen LogP contribution in [-0.4, -0.2) is 42.9 Å². The number of carbonyl (C=O) groups excluding carboxylic acids is 2. The average molecular weight is 366 g/mol. The van der Waals surface area contributed by atoms with E-state index >= 15 is 0 Å². The number of nitrogens with zero attached hydrogens (tertiary/aromatic N) is 1. The molecule has 1 aromatic rings. The van der Waals surface area contributed by atoms with E-state index in [0.717, 1.165) is 44.6 Å². The molecule has 2 fully saturated rings. The largest absolute Gasteiger partial charge is 0.349 e. The van der Waals surface area contributed by atoms with Crippen LogP contribution < -0.4 is 10.6 Å². The van der Waals surface area contributed by atoms with Gasteiger partial charge >= 0.3 is 0 Å². The smallest absolute Gasteiger partial charge is 0.224 e. The van der Waals surface area contributed by atoms with Crippen molar-refractivity contribution in [3.05, 3.63) is 35.9 Å². The minimum Gasteiger partial charge on any atom is -0.349 e. The number of halogens is 1. The molecule has 2 aliphatic heterocycles. The summed E-state index contributed by atoms with van der Waals surface area (Å²) in [6, 6.07) is 9.50. The molecule has 3 atom stereocenters. The molecule has 2 N–H and O–H groups in total. The number of fused-ring (bicyclic) bond motifs is 1. The maximum Gasteiger partial charge on any atom is 0.224 e. The first kappa shape index (κ1) is 19.7. The Morgan fingerprint density at radius 2 is 1.76 bits per heavy atom. The molecule has 2 amide bonds. The van der Waals surface area contributed by atoms with Crippen LogP contribution in [0.3, 0.4) is 0 Å². The maximum absolute atomic E-state index is 12.8. The van der Waals surface area contributed by atoms with Gasteiger partial charge in [-0.25, -0.2) is 0 Å². The number of nitrogens with one attached hydrogen (secondary N) is 2. The molecule has 0 aromatic heterocycles. The lowest BCUT2D eigenvalue weighted by Gasteiger charge is -2.25. The van der Waals surface area contributed by atoms with E-state index in [9.17, 15) is 9.59 Å². The molecule has 1 aromatic carbocycles. The van der Waals surface area contributed by atoms with Gasteiger partial charge in [0.05, 0.1) is 12.5 Å². The molecule has 138 valence electrons. The van der Waals surface area contributed by atoms with Gasteiger partial charge < -0.3 is 15.5 Å². The zero-order valence-corrected chi connectivity index (χ0v) is 15.6. The third-order valence-electron chi connectivity index (χ3n) is 5.33. The minimum absolute atomic E-state index is 0. The quantitative estimate of drug-likeness (QED) is 0.859. The van der Waals surface area contributed by atoms with E-state index < -0.39 is 0 Å². The van der Waals surface area contributed by atoms with Gasteiger partial charge in [0.1, 0.15) is 0 Å². The van der Waals surface area contributed by atoms with Crippen molar-refractivity contribution in [2.75, 3.05) is 26.2 Å². The Hall–Kier alpha value is -1.59. The summed E-state index contributed by atoms with van der Waals surface area (Å²) >= 11 is 0. The van der Waals surface area contributed by atoms with Crippen LogP contribution in [-0.2, 0) is 9.59 Å². The molecule has 25 heavy (non-hydrogen) atoms. The van der Waals surface area contributed by atoms with E-state index in [0.29, 0.717) is 18.3 Å². The van der Waals surface area contributed by atoms with Crippen LogP contribution >= 0.6 is 12.4 Å². The number of hydrogen-bond donors (Lipinski definition) is 2. The minimum atomic E-state index is -0.249. The van der Waals surface area contributed by atoms with Gasteiger partial charge in [0.25, 0.3) is 0 Å². The second kappa shape index (κ2) is 9.20. The van der Waals surface area contributed by atoms with E-state index in [4.69, 9.17) is 0 Å². The van der Waals surface area contributed by atoms with Gasteiger partial charge in [-0.15, -0.1) is 12.4 Å². The average Bonchev–Trinajstić information content (AvgIpc) is 2.93. The standard InChI is InChI=1S/C19H27N3O2.ClH/c1-14(23)21-18(15-5-3-2-4-6-15)11-19(24)22-9-7-16-12-20-13-17(16)8-10-22;/h2-6,16-18,20H,7-13H2,1H3,(H,21,23);1H/t16-,17+,18?;. The summed E-state index contributed by atoms with van der Waals surface area (Å²) in [5.41, 5.74) is 0.983. The molecule has 0 radical (unpaired) electrons. The van der Waals surface area contributed by atoms with Crippen LogP contribution in [0, 0.1) is 11.8 Å². The van der Waals surface area contributed by atoms with Crippen LogP contribution in [0.4, 0.5) is 0 Å². The van der Waals surface area contributed by atoms with Crippen molar-refractivity contribution in [2.24, 2.45) is 11.8 Å². The fraction of sp³-hybridized carbons (Fsp3) is 0.579. The van der Waals surface area contributed by atoms with Crippen molar-refractivity contribution in [1.82, 2.24) is 15.5 Å². The van der Waals surface area contributed by atoms with Crippen molar-refractivity contribution >= 4 is 24.2 Å². The Balaban J connectivity index is 0.00000225. The predicted octanol–water partition coefficient (Wildman–Crippen LogP) is 2.13. The second-order valence-corrected chi connectivity index (χ2v) is 7.00. The molecule has 2 heterocycles. The first-order valence-electron chi connectivity index (χ1n) is 8.94. The van der Waals surface area contributed by atoms with Crippen LogP contribution in [0.1, 0.15) is 37.8 Å². The van der Waals surface area contributed by atoms with Crippen LogP contribution in [0.5, 0.6) is 0 Å². The van der Waals surface area contributed by atoms with Gasteiger partial charge in [0.2, 0.25) is 11.8 Å². The Kier molecular flexibility index (Phi) is 7.26. The number of rotatable bonds is 4. The Morgan fingerprint density at radius 1 is 1.16 bits per heavy atom. The second-order valence-electron chi connectivity index (χ2n) is 7.00. The number of carbonyl (C=O) groups is 2. The monoisotopic (exact) mass is 365 g/mol. The lowest BCUT2D eigenvalue weighted by molar-refractivity contribution is -0.132. The Bertz CT molecular complexity index is 567. The zero-order valence-electron chi connectivity index (χ0n) is 14.7. The summed E-state index contributed by atoms with van der Waals surface area (Å²) in [5.74, 6) is 1.46. The van der Waals surface area contributed by atoms with Gasteiger partial charge in [-0.3, -0.25) is 9.59 Å². The van der Waals surface area contributed by atoms with Crippen LogP contribution in [0.15, 0.2) is 30.3 Å². The number of hydrogen-bond acceptors (Lipinski definition) is 3. The van der Waals surface area contributed by atoms with E-state index in [1.165, 1.54) is 6.92 Å². The number of amides is 2. The molecule has 0 aliphatic carbocycles. The summed E-state index contributed by atoms with van der Waals surface area (Å²) in [4.78, 5) is 26.3. The topological polar surface area (TPSA) is 61.4 Å². The Morgan fingerprint density at radius 3 is 2.32 bits per heavy atom. The summed E-state index contributed by atoms with van der Waals surface area (Å²) in [7, 11) is 0. The molecule has 1 unspecified atom stereocenters. The molecule has 5 nitrogen and oxygen atoms in total. The van der Waals surface area contributed by atoms with Crippen molar-refractivity contribution in [3.63, 3.8) is 0 Å². The highest BCUT2D eigenvalue weighted by molar-refractivity contribution is 5.85. The first-order chi connectivity index (χ1) is 11.6. The summed E-state index contributed by atoms with van der Waals surface area (Å²) < 4.78 is 0. The fourth-order valence-corrected chi connectivity index (χ4v) is 3.95. The lowest BCUT2D eigenvalue weighted by Crippen LogP contribution is -2.36. The molecule has 0 saturated carbocycles. The highest BCUT2D eigenvalue weighted by Gasteiger charge is 2.32. The SMILES string of the molecule is CC(=O)NC(CC(=O)N1CC[C@@H]2CNC[C@@H]2CC1)c1ccccc1.Cl. The van der Waals surface area contributed by atoms with Crippen molar-refractivity contribution in [1.29, 1.82) is 0 Å². The lowest BCUT2D eigenvalue weighted by atomic mass is 9.92. The van der Waals surface area contributed by atoms with Crippen LogP contribution in [0.25, 0.3) is 0 Å². The van der Waals surface area contributed by atoms with Crippen molar-refractivity contribution < 1.29 is 9.59 Å². The molecular formula is C19H28ClN3O2. The third-order valence-corrected chi connectivity index (χ3v) is 5.33. The summed E-state index contributed by atoms with van der Waals surface area (Å²) in [5, 5.41) is 6.39. The molecule has 3 rings (SSSR count). The van der Waals surface area contributed by atoms with E-state index in [1.54, 1.807) is 0 Å². The molecular weight excluding hydrogens is 338 g/mol. The maximum atomic E-state index is 12.8. The van der Waals surface area contributed by atoms with Gasteiger partial charge in [0.15, 0.2) is 0 Å². The van der Waals surface area contributed by atoms with Gasteiger partial charge in [0, 0.05) is 20.0 Å². The number of likely N-dealkylation sites (tertiary alicyclic amines) is 1. The summed E-state index contributed by atoms with van der Waals surface area (Å²) in [6.45, 7) is 5.35. The zero-order chi connectivity index (χ0) is 16.9. The van der Waals surface area contributed by atoms with Crippen LogP contribution in [0.2, 0.25) is 0 Å². The van der Waals surface area contributed by atoms with E-state index in [-0.39, 0.29) is 30.3 Å². The molecule has 2 saturated heterocycles. The van der Waals surface area contributed by atoms with Gasteiger partial charge in [-0.05, 0) is 43.3 Å². The van der Waals surface area contributed by atoms with Gasteiger partial charge in [-0.2, -0.15) is 0 Å². The Labute approximate surface area is 155 Å². The molecule has 0 spiro atoms. The normalized spacial score (nSPS) is 23.8. The van der Waals surface area contributed by atoms with E-state index in [2.05, 4.69) is 10.6 Å². The number of benzene rings is 1. The highest BCUT2D eigenvalue weighted by atomic mass is 35.5. The summed E-state index contributed by atoms with van der Waals surface area (Å²) in [6.07, 6.45) is 2.50. The molecule has 6 heteroatoms.